The van der Waals surface area contributed by atoms with Crippen molar-refractivity contribution in [1.29, 1.82) is 0 Å². The van der Waals surface area contributed by atoms with Crippen molar-refractivity contribution in [2.45, 2.75) is 32.2 Å². The van der Waals surface area contributed by atoms with Crippen LogP contribution in [0.5, 0.6) is 0 Å². The molecule has 0 fully saturated rings. The lowest BCUT2D eigenvalue weighted by Crippen LogP contribution is -2.15. The lowest BCUT2D eigenvalue weighted by molar-refractivity contribution is 0.317. The van der Waals surface area contributed by atoms with E-state index in [-0.39, 0.29) is 11.2 Å². The van der Waals surface area contributed by atoms with E-state index in [0.29, 0.717) is 17.3 Å². The molecule has 18 heavy (non-hydrogen) atoms. The van der Waals surface area contributed by atoms with Crippen molar-refractivity contribution in [1.82, 2.24) is 10.1 Å². The molecule has 0 aliphatic heterocycles. The summed E-state index contributed by atoms with van der Waals surface area (Å²) in [7, 11) is 0. The Hall–Kier alpha value is -1.75. The molecular weight excluding hydrogens is 233 g/mol. The molecule has 4 nitrogen and oxygen atoms in total. The van der Waals surface area contributed by atoms with Crippen molar-refractivity contribution in [2.24, 2.45) is 5.73 Å². The van der Waals surface area contributed by atoms with Gasteiger partial charge in [-0.15, -0.1) is 0 Å². The number of rotatable bonds is 2. The summed E-state index contributed by atoms with van der Waals surface area (Å²) in [6, 6.07) is 5.50. The summed E-state index contributed by atoms with van der Waals surface area (Å²) < 4.78 is 18.3. The first-order valence-electron chi connectivity index (χ1n) is 5.73. The molecule has 0 saturated heterocycles. The number of hydrogen-bond acceptors (Lipinski definition) is 4. The van der Waals surface area contributed by atoms with Crippen LogP contribution in [0.4, 0.5) is 4.39 Å². The Morgan fingerprint density at radius 3 is 2.61 bits per heavy atom. The van der Waals surface area contributed by atoms with E-state index in [1.807, 2.05) is 20.8 Å². The normalized spacial score (nSPS) is 13.6. The number of hydrogen-bond donors (Lipinski definition) is 1. The first-order valence-corrected chi connectivity index (χ1v) is 5.73. The van der Waals surface area contributed by atoms with Crippen LogP contribution >= 0.6 is 0 Å². The maximum atomic E-state index is 13.1. The molecule has 1 unspecified atom stereocenters. The highest BCUT2D eigenvalue weighted by atomic mass is 19.1. The van der Waals surface area contributed by atoms with Gasteiger partial charge in [-0.3, -0.25) is 0 Å². The van der Waals surface area contributed by atoms with Crippen LogP contribution in [-0.4, -0.2) is 10.1 Å². The van der Waals surface area contributed by atoms with Gasteiger partial charge >= 0.3 is 0 Å². The van der Waals surface area contributed by atoms with Crippen molar-refractivity contribution in [3.8, 4) is 0 Å². The van der Waals surface area contributed by atoms with E-state index < -0.39 is 6.04 Å². The van der Waals surface area contributed by atoms with Gasteiger partial charge in [-0.25, -0.2) is 4.39 Å². The van der Waals surface area contributed by atoms with Gasteiger partial charge < -0.3 is 10.3 Å². The first kappa shape index (κ1) is 12.7. The SMILES string of the molecule is CC(C)(C)c1nc(C(N)c2cccc(F)c2)no1. The fraction of sp³-hybridized carbons (Fsp3) is 0.385. The summed E-state index contributed by atoms with van der Waals surface area (Å²) in [5, 5.41) is 3.86. The van der Waals surface area contributed by atoms with Crippen LogP contribution in [0.3, 0.4) is 0 Å². The van der Waals surface area contributed by atoms with Crippen molar-refractivity contribution < 1.29 is 8.91 Å². The van der Waals surface area contributed by atoms with Crippen molar-refractivity contribution in [3.05, 3.63) is 47.4 Å². The van der Waals surface area contributed by atoms with E-state index in [0.717, 1.165) is 0 Å². The van der Waals surface area contributed by atoms with Crippen LogP contribution < -0.4 is 5.73 Å². The van der Waals surface area contributed by atoms with E-state index in [2.05, 4.69) is 10.1 Å². The molecule has 2 N–H and O–H groups in total. The fourth-order valence-corrected chi connectivity index (χ4v) is 1.51. The Balaban J connectivity index is 2.29. The maximum absolute atomic E-state index is 13.1. The smallest absolute Gasteiger partial charge is 0.232 e. The quantitative estimate of drug-likeness (QED) is 0.888. The van der Waals surface area contributed by atoms with Crippen LogP contribution in [0.1, 0.15) is 44.1 Å². The maximum Gasteiger partial charge on any atom is 0.232 e. The number of benzene rings is 1. The average molecular weight is 249 g/mol. The Morgan fingerprint density at radius 2 is 2.06 bits per heavy atom. The number of aromatic nitrogens is 2. The fourth-order valence-electron chi connectivity index (χ4n) is 1.51. The topological polar surface area (TPSA) is 64.9 Å². The third-order valence-corrected chi connectivity index (χ3v) is 2.57. The minimum atomic E-state index is -0.583. The summed E-state index contributed by atoms with van der Waals surface area (Å²) in [5.41, 5.74) is 6.38. The molecule has 0 saturated carbocycles. The summed E-state index contributed by atoms with van der Waals surface area (Å²) in [6.45, 7) is 5.91. The predicted molar refractivity (Wildman–Crippen MR) is 65.4 cm³/mol. The average Bonchev–Trinajstić information content (AvgIpc) is 2.77. The summed E-state index contributed by atoms with van der Waals surface area (Å²) in [4.78, 5) is 4.26. The molecule has 0 amide bonds. The van der Waals surface area contributed by atoms with Gasteiger partial charge in [0.2, 0.25) is 5.89 Å². The Labute approximate surface area is 105 Å². The van der Waals surface area contributed by atoms with Gasteiger partial charge in [-0.2, -0.15) is 4.98 Å². The van der Waals surface area contributed by atoms with E-state index in [1.54, 1.807) is 12.1 Å². The summed E-state index contributed by atoms with van der Waals surface area (Å²) >= 11 is 0. The van der Waals surface area contributed by atoms with Crippen molar-refractivity contribution in [3.63, 3.8) is 0 Å². The zero-order chi connectivity index (χ0) is 13.3. The number of nitrogens with zero attached hydrogens (tertiary/aromatic N) is 2. The monoisotopic (exact) mass is 249 g/mol. The largest absolute Gasteiger partial charge is 0.339 e. The van der Waals surface area contributed by atoms with Crippen LogP contribution in [-0.2, 0) is 5.41 Å². The molecule has 0 aliphatic rings. The minimum absolute atomic E-state index is 0.229. The van der Waals surface area contributed by atoms with Gasteiger partial charge in [-0.1, -0.05) is 38.1 Å². The second-order valence-corrected chi connectivity index (χ2v) is 5.24. The molecule has 0 spiro atoms. The molecule has 96 valence electrons. The molecule has 2 rings (SSSR count). The molecule has 1 aromatic carbocycles. The molecule has 5 heteroatoms. The van der Waals surface area contributed by atoms with E-state index >= 15 is 0 Å². The zero-order valence-electron chi connectivity index (χ0n) is 10.6. The third-order valence-electron chi connectivity index (χ3n) is 2.57. The molecular formula is C13H16FN3O. The molecule has 1 aromatic heterocycles. The van der Waals surface area contributed by atoms with E-state index in [9.17, 15) is 4.39 Å². The third kappa shape index (κ3) is 2.56. The predicted octanol–water partition coefficient (Wildman–Crippen LogP) is 2.55. The van der Waals surface area contributed by atoms with Crippen LogP contribution in [0.25, 0.3) is 0 Å². The Morgan fingerprint density at radius 1 is 1.33 bits per heavy atom. The molecule has 0 bridgehead atoms. The van der Waals surface area contributed by atoms with Gasteiger partial charge in [0.15, 0.2) is 5.82 Å². The Bertz CT molecular complexity index is 545. The van der Waals surface area contributed by atoms with Gasteiger partial charge in [0.1, 0.15) is 5.82 Å². The highest BCUT2D eigenvalue weighted by Crippen LogP contribution is 2.23. The second kappa shape index (κ2) is 4.49. The zero-order valence-corrected chi connectivity index (χ0v) is 10.6. The van der Waals surface area contributed by atoms with Gasteiger partial charge in [-0.05, 0) is 17.7 Å². The van der Waals surface area contributed by atoms with Gasteiger partial charge in [0, 0.05) is 5.41 Å². The molecule has 0 aliphatic carbocycles. The van der Waals surface area contributed by atoms with E-state index in [4.69, 9.17) is 10.3 Å². The highest BCUT2D eigenvalue weighted by molar-refractivity contribution is 5.24. The van der Waals surface area contributed by atoms with Crippen LogP contribution in [0, 0.1) is 5.82 Å². The van der Waals surface area contributed by atoms with Crippen LogP contribution in [0.2, 0.25) is 0 Å². The lowest BCUT2D eigenvalue weighted by Gasteiger charge is -2.11. The van der Waals surface area contributed by atoms with E-state index in [1.165, 1.54) is 12.1 Å². The number of halogens is 1. The van der Waals surface area contributed by atoms with Gasteiger partial charge in [0.05, 0.1) is 6.04 Å². The Kier molecular flexibility index (Phi) is 3.17. The summed E-state index contributed by atoms with van der Waals surface area (Å²) in [5.74, 6) is 0.553. The molecule has 0 radical (unpaired) electrons. The highest BCUT2D eigenvalue weighted by Gasteiger charge is 2.24. The standard InChI is InChI=1S/C13H16FN3O/c1-13(2,3)12-16-11(17-18-12)10(15)8-5-4-6-9(14)7-8/h4-7,10H,15H2,1-3H3. The van der Waals surface area contributed by atoms with Crippen molar-refractivity contribution in [2.75, 3.05) is 0 Å². The van der Waals surface area contributed by atoms with Crippen LogP contribution in [0.15, 0.2) is 28.8 Å². The first-order chi connectivity index (χ1) is 8.38. The van der Waals surface area contributed by atoms with Crippen molar-refractivity contribution >= 4 is 0 Å². The lowest BCUT2D eigenvalue weighted by atomic mass is 9.97. The van der Waals surface area contributed by atoms with Gasteiger partial charge in [0.25, 0.3) is 0 Å². The minimum Gasteiger partial charge on any atom is -0.339 e. The number of nitrogens with two attached hydrogens (primary N) is 1. The second-order valence-electron chi connectivity index (χ2n) is 5.24. The molecule has 2 aromatic rings. The summed E-state index contributed by atoms with van der Waals surface area (Å²) in [6.07, 6.45) is 0. The molecule has 1 atom stereocenters. The molecule has 1 heterocycles.